The number of likely N-dealkylation sites (tertiary alicyclic amines) is 1. The van der Waals surface area contributed by atoms with Gasteiger partial charge in [0.15, 0.2) is 0 Å². The van der Waals surface area contributed by atoms with E-state index in [2.05, 4.69) is 4.98 Å². The Morgan fingerprint density at radius 1 is 1.45 bits per heavy atom. The van der Waals surface area contributed by atoms with Gasteiger partial charge in [-0.2, -0.15) is 0 Å². The number of aliphatic carboxylic acids is 1. The molecule has 1 fully saturated rings. The molecular formula is C14H18N2O3S. The molecule has 0 bridgehead atoms. The molecule has 1 aromatic rings. The molecule has 5 nitrogen and oxygen atoms in total. The predicted molar refractivity (Wildman–Crippen MR) is 76.6 cm³/mol. The Kier molecular flexibility index (Phi) is 4.65. The van der Waals surface area contributed by atoms with Gasteiger partial charge in [-0.15, -0.1) is 11.8 Å². The fourth-order valence-corrected chi connectivity index (χ4v) is 3.40. The average molecular weight is 294 g/mol. The van der Waals surface area contributed by atoms with Crippen molar-refractivity contribution in [3.8, 4) is 0 Å². The number of rotatable bonds is 5. The van der Waals surface area contributed by atoms with Gasteiger partial charge in [0.05, 0.1) is 5.75 Å². The highest BCUT2D eigenvalue weighted by molar-refractivity contribution is 8.00. The van der Waals surface area contributed by atoms with Gasteiger partial charge in [0.1, 0.15) is 5.54 Å². The fraction of sp³-hybridized carbons (Fsp3) is 0.500. The lowest BCUT2D eigenvalue weighted by Crippen LogP contribution is -2.53. The van der Waals surface area contributed by atoms with Gasteiger partial charge in [0, 0.05) is 23.8 Å². The first-order valence-electron chi connectivity index (χ1n) is 6.67. The molecule has 1 aromatic heterocycles. The minimum Gasteiger partial charge on any atom is -0.479 e. The third kappa shape index (κ3) is 2.80. The molecule has 1 N–H and O–H groups in total. The summed E-state index contributed by atoms with van der Waals surface area (Å²) in [5, 5.41) is 9.46. The van der Waals surface area contributed by atoms with Gasteiger partial charge in [-0.3, -0.25) is 9.78 Å². The number of thioether (sulfide) groups is 1. The molecule has 6 heteroatoms. The van der Waals surface area contributed by atoms with Crippen molar-refractivity contribution in [2.75, 3.05) is 12.3 Å². The van der Waals surface area contributed by atoms with E-state index >= 15 is 0 Å². The first kappa shape index (κ1) is 14.8. The van der Waals surface area contributed by atoms with Crippen LogP contribution in [0, 0.1) is 0 Å². The highest BCUT2D eigenvalue weighted by Gasteiger charge is 2.48. The molecule has 2 heterocycles. The summed E-state index contributed by atoms with van der Waals surface area (Å²) in [5.41, 5.74) is -1.00. The molecule has 20 heavy (non-hydrogen) atoms. The van der Waals surface area contributed by atoms with Gasteiger partial charge in [0.2, 0.25) is 5.91 Å². The number of aromatic nitrogens is 1. The molecule has 0 aromatic carbocycles. The monoisotopic (exact) mass is 294 g/mol. The van der Waals surface area contributed by atoms with Crippen LogP contribution in [0.15, 0.2) is 29.4 Å². The highest BCUT2D eigenvalue weighted by atomic mass is 32.2. The third-order valence-electron chi connectivity index (χ3n) is 3.78. The molecule has 0 radical (unpaired) electrons. The Morgan fingerprint density at radius 2 is 2.15 bits per heavy atom. The van der Waals surface area contributed by atoms with Crippen LogP contribution in [0.4, 0.5) is 0 Å². The van der Waals surface area contributed by atoms with Crippen LogP contribution >= 0.6 is 11.8 Å². The van der Waals surface area contributed by atoms with E-state index in [1.165, 1.54) is 11.8 Å². The Morgan fingerprint density at radius 3 is 2.75 bits per heavy atom. The summed E-state index contributed by atoms with van der Waals surface area (Å²) in [5.74, 6) is -0.729. The Hall–Kier alpha value is -1.56. The van der Waals surface area contributed by atoms with E-state index < -0.39 is 11.5 Å². The summed E-state index contributed by atoms with van der Waals surface area (Å²) < 4.78 is 0. The zero-order valence-electron chi connectivity index (χ0n) is 11.4. The van der Waals surface area contributed by atoms with Crippen LogP contribution in [0.2, 0.25) is 0 Å². The van der Waals surface area contributed by atoms with Gasteiger partial charge in [0.25, 0.3) is 0 Å². The van der Waals surface area contributed by atoms with E-state index in [-0.39, 0.29) is 11.7 Å². The summed E-state index contributed by atoms with van der Waals surface area (Å²) in [6, 6.07) is 3.68. The molecule has 0 aliphatic carbocycles. The molecule has 1 aliphatic heterocycles. The molecule has 108 valence electrons. The average Bonchev–Trinajstić information content (AvgIpc) is 2.91. The zero-order chi connectivity index (χ0) is 14.6. The number of carbonyl (C=O) groups excluding carboxylic acids is 1. The summed E-state index contributed by atoms with van der Waals surface area (Å²) in [6.07, 6.45) is 5.11. The quantitative estimate of drug-likeness (QED) is 0.841. The normalized spacial score (nSPS) is 21.9. The first-order chi connectivity index (χ1) is 9.60. The van der Waals surface area contributed by atoms with E-state index in [4.69, 9.17) is 0 Å². The SMILES string of the molecule is CCC1(C(=O)O)CCCN1C(=O)CSc1ccncc1. The second kappa shape index (κ2) is 6.26. The van der Waals surface area contributed by atoms with Crippen molar-refractivity contribution in [3.05, 3.63) is 24.5 Å². The second-order valence-corrected chi connectivity index (χ2v) is 5.86. The van der Waals surface area contributed by atoms with Gasteiger partial charge in [-0.1, -0.05) is 6.92 Å². The minimum atomic E-state index is -1.00. The molecule has 0 saturated carbocycles. The second-order valence-electron chi connectivity index (χ2n) is 4.81. The summed E-state index contributed by atoms with van der Waals surface area (Å²) in [6.45, 7) is 2.37. The van der Waals surface area contributed by atoms with E-state index in [0.717, 1.165) is 11.3 Å². The lowest BCUT2D eigenvalue weighted by atomic mass is 9.93. The van der Waals surface area contributed by atoms with Crippen LogP contribution in [-0.2, 0) is 9.59 Å². The predicted octanol–water partition coefficient (Wildman–Crippen LogP) is 2.03. The number of carboxylic acids is 1. The minimum absolute atomic E-state index is 0.103. The van der Waals surface area contributed by atoms with Gasteiger partial charge in [-0.25, -0.2) is 4.79 Å². The number of hydrogen-bond acceptors (Lipinski definition) is 4. The summed E-state index contributed by atoms with van der Waals surface area (Å²) >= 11 is 1.41. The topological polar surface area (TPSA) is 70.5 Å². The molecule has 1 amide bonds. The largest absolute Gasteiger partial charge is 0.479 e. The fourth-order valence-electron chi connectivity index (χ4n) is 2.64. The maximum Gasteiger partial charge on any atom is 0.329 e. The standard InChI is InChI=1S/C14H18N2O3S/c1-2-14(13(18)19)6-3-9-16(14)12(17)10-20-11-4-7-15-8-5-11/h4-5,7-8H,2-3,6,9-10H2,1H3,(H,18,19). The number of amides is 1. The Balaban J connectivity index is 2.03. The van der Waals surface area contributed by atoms with E-state index in [1.54, 1.807) is 17.3 Å². The lowest BCUT2D eigenvalue weighted by Gasteiger charge is -2.33. The zero-order valence-corrected chi connectivity index (χ0v) is 12.2. The lowest BCUT2D eigenvalue weighted by molar-refractivity contribution is -0.155. The molecule has 1 saturated heterocycles. The van der Waals surface area contributed by atoms with Crippen LogP contribution in [0.25, 0.3) is 0 Å². The maximum absolute atomic E-state index is 12.3. The Bertz CT molecular complexity index is 494. The van der Waals surface area contributed by atoms with E-state index in [0.29, 0.717) is 19.4 Å². The van der Waals surface area contributed by atoms with Crippen LogP contribution in [0.3, 0.4) is 0 Å². The first-order valence-corrected chi connectivity index (χ1v) is 7.65. The van der Waals surface area contributed by atoms with E-state index in [1.807, 2.05) is 19.1 Å². The van der Waals surface area contributed by atoms with Crippen molar-refractivity contribution >= 4 is 23.6 Å². The van der Waals surface area contributed by atoms with E-state index in [9.17, 15) is 14.7 Å². The van der Waals surface area contributed by atoms with Gasteiger partial charge in [-0.05, 0) is 31.4 Å². The van der Waals surface area contributed by atoms with Gasteiger partial charge >= 0.3 is 5.97 Å². The smallest absolute Gasteiger partial charge is 0.329 e. The third-order valence-corrected chi connectivity index (χ3v) is 4.78. The van der Waals surface area contributed by atoms with Crippen LogP contribution < -0.4 is 0 Å². The van der Waals surface area contributed by atoms with Crippen molar-refractivity contribution in [3.63, 3.8) is 0 Å². The number of carboxylic acid groups (broad SMARTS) is 1. The van der Waals surface area contributed by atoms with Crippen molar-refractivity contribution in [2.45, 2.75) is 36.6 Å². The number of nitrogens with zero attached hydrogens (tertiary/aromatic N) is 2. The Labute approximate surface area is 122 Å². The summed E-state index contributed by atoms with van der Waals surface area (Å²) in [7, 11) is 0. The molecular weight excluding hydrogens is 276 g/mol. The van der Waals surface area contributed by atoms with Crippen molar-refractivity contribution in [2.24, 2.45) is 0 Å². The van der Waals surface area contributed by atoms with Crippen LogP contribution in [0.5, 0.6) is 0 Å². The van der Waals surface area contributed by atoms with Gasteiger partial charge < -0.3 is 10.0 Å². The van der Waals surface area contributed by atoms with Crippen LogP contribution in [-0.4, -0.2) is 44.7 Å². The number of hydrogen-bond donors (Lipinski definition) is 1. The van der Waals surface area contributed by atoms with Crippen molar-refractivity contribution in [1.29, 1.82) is 0 Å². The summed E-state index contributed by atoms with van der Waals surface area (Å²) in [4.78, 5) is 30.3. The molecule has 0 spiro atoms. The highest BCUT2D eigenvalue weighted by Crippen LogP contribution is 2.33. The molecule has 2 rings (SSSR count). The van der Waals surface area contributed by atoms with Crippen LogP contribution in [0.1, 0.15) is 26.2 Å². The number of carbonyl (C=O) groups is 2. The maximum atomic E-state index is 12.3. The van der Waals surface area contributed by atoms with Crippen molar-refractivity contribution < 1.29 is 14.7 Å². The molecule has 1 atom stereocenters. The number of pyridine rings is 1. The molecule has 1 aliphatic rings. The van der Waals surface area contributed by atoms with Crippen molar-refractivity contribution in [1.82, 2.24) is 9.88 Å². The molecule has 1 unspecified atom stereocenters.